The van der Waals surface area contributed by atoms with E-state index in [2.05, 4.69) is 20.0 Å². The Hall–Kier alpha value is -4.25. The summed E-state index contributed by atoms with van der Waals surface area (Å²) < 4.78 is 32.5. The summed E-state index contributed by atoms with van der Waals surface area (Å²) in [4.78, 5) is 33.8. The van der Waals surface area contributed by atoms with Crippen molar-refractivity contribution in [3.63, 3.8) is 0 Å². The molecule has 0 aliphatic carbocycles. The lowest BCUT2D eigenvalue weighted by atomic mass is 10.2. The molecule has 35 heavy (non-hydrogen) atoms. The van der Waals surface area contributed by atoms with E-state index in [1.807, 2.05) is 12.1 Å². The van der Waals surface area contributed by atoms with E-state index in [0.717, 1.165) is 5.56 Å². The predicted molar refractivity (Wildman–Crippen MR) is 132 cm³/mol. The van der Waals surface area contributed by atoms with Crippen LogP contribution < -0.4 is 14.8 Å². The summed E-state index contributed by atoms with van der Waals surface area (Å²) in [5.74, 6) is -0.146. The molecule has 0 bridgehead atoms. The number of nitrogens with zero attached hydrogens (tertiary/aromatic N) is 3. The molecule has 0 saturated carbocycles. The third kappa shape index (κ3) is 7.37. The molecule has 3 aromatic rings. The fourth-order valence-electron chi connectivity index (χ4n) is 2.93. The molecule has 3 rings (SSSR count). The second-order valence-electron chi connectivity index (χ2n) is 7.50. The fourth-order valence-corrected chi connectivity index (χ4v) is 3.88. The van der Waals surface area contributed by atoms with Crippen molar-refractivity contribution in [2.24, 2.45) is 0 Å². The number of sulfonamides is 1. The molecular weight excluding hydrogens is 470 g/mol. The molecule has 2 amide bonds. The average molecular weight is 496 g/mol. The van der Waals surface area contributed by atoms with Crippen molar-refractivity contribution in [3.05, 3.63) is 78.1 Å². The van der Waals surface area contributed by atoms with E-state index in [1.54, 1.807) is 38.3 Å². The van der Waals surface area contributed by atoms with Gasteiger partial charge in [-0.2, -0.15) is 0 Å². The van der Waals surface area contributed by atoms with Gasteiger partial charge in [-0.3, -0.25) is 9.59 Å². The predicted octanol–water partition coefficient (Wildman–Crippen LogP) is 2.70. The maximum Gasteiger partial charge on any atom is 0.264 e. The highest BCUT2D eigenvalue weighted by atomic mass is 32.2. The Morgan fingerprint density at radius 2 is 1.86 bits per heavy atom. The molecule has 11 heteroatoms. The van der Waals surface area contributed by atoms with Crippen LogP contribution in [0, 0.1) is 6.92 Å². The van der Waals surface area contributed by atoms with Gasteiger partial charge in [0.05, 0.1) is 18.6 Å². The number of hydrogen-bond donors (Lipinski definition) is 2. The molecule has 2 aromatic carbocycles. The maximum atomic E-state index is 12.5. The van der Waals surface area contributed by atoms with Gasteiger partial charge in [-0.1, -0.05) is 12.1 Å². The summed E-state index contributed by atoms with van der Waals surface area (Å²) >= 11 is 0. The largest absolute Gasteiger partial charge is 0.497 e. The van der Waals surface area contributed by atoms with Crippen molar-refractivity contribution in [1.29, 1.82) is 0 Å². The van der Waals surface area contributed by atoms with Crippen LogP contribution in [0.2, 0.25) is 0 Å². The number of amides is 2. The standard InChI is InChI=1S/C24H25N5O5S/c1-17-13-14-25-24(26-17)28-35(32,33)21-10-8-19(9-11-21)27-22(30)16-29(2)23(31)12-7-18-5-4-6-20(15-18)34-3/h4-15H,16H2,1-3H3,(H,27,30)(H,25,26,28)/b12-7+. The van der Waals surface area contributed by atoms with Crippen LogP contribution in [0.5, 0.6) is 5.75 Å². The normalized spacial score (nSPS) is 11.2. The van der Waals surface area contributed by atoms with Gasteiger partial charge >= 0.3 is 0 Å². The average Bonchev–Trinajstić information content (AvgIpc) is 2.82. The van der Waals surface area contributed by atoms with Crippen molar-refractivity contribution < 1.29 is 22.7 Å². The number of hydrogen-bond acceptors (Lipinski definition) is 7. The number of aromatic nitrogens is 2. The van der Waals surface area contributed by atoms with Gasteiger partial charge in [0.25, 0.3) is 10.0 Å². The molecule has 0 atom stereocenters. The van der Waals surface area contributed by atoms with Crippen molar-refractivity contribution in [3.8, 4) is 5.75 Å². The lowest BCUT2D eigenvalue weighted by Crippen LogP contribution is -2.33. The number of likely N-dealkylation sites (N-methyl/N-ethyl adjacent to an activating group) is 1. The molecule has 10 nitrogen and oxygen atoms in total. The highest BCUT2D eigenvalue weighted by Gasteiger charge is 2.16. The third-order valence-corrected chi connectivity index (χ3v) is 6.08. The van der Waals surface area contributed by atoms with Crippen LogP contribution >= 0.6 is 0 Å². The van der Waals surface area contributed by atoms with Gasteiger partial charge in [-0.15, -0.1) is 0 Å². The van der Waals surface area contributed by atoms with Gasteiger partial charge in [0, 0.05) is 30.7 Å². The zero-order chi connectivity index (χ0) is 25.4. The summed E-state index contributed by atoms with van der Waals surface area (Å²) in [6.45, 7) is 1.53. The van der Waals surface area contributed by atoms with Crippen molar-refractivity contribution in [2.45, 2.75) is 11.8 Å². The minimum absolute atomic E-state index is 0.0180. The Labute approximate surface area is 203 Å². The molecule has 0 spiro atoms. The number of methoxy groups -OCH3 is 1. The molecular formula is C24H25N5O5S. The van der Waals surface area contributed by atoms with Crippen molar-refractivity contribution in [1.82, 2.24) is 14.9 Å². The van der Waals surface area contributed by atoms with Crippen LogP contribution in [0.25, 0.3) is 6.08 Å². The lowest BCUT2D eigenvalue weighted by Gasteiger charge is -2.15. The van der Waals surface area contributed by atoms with Crippen LogP contribution in [0.3, 0.4) is 0 Å². The van der Waals surface area contributed by atoms with Crippen molar-refractivity contribution in [2.75, 3.05) is 30.7 Å². The van der Waals surface area contributed by atoms with Gasteiger partial charge in [0.15, 0.2) is 0 Å². The first-order valence-corrected chi connectivity index (χ1v) is 11.9. The Kier molecular flexibility index (Phi) is 8.16. The summed E-state index contributed by atoms with van der Waals surface area (Å²) in [6, 6.07) is 14.5. The first-order valence-electron chi connectivity index (χ1n) is 10.5. The minimum Gasteiger partial charge on any atom is -0.497 e. The molecule has 0 fully saturated rings. The van der Waals surface area contributed by atoms with Crippen LogP contribution in [0.1, 0.15) is 11.3 Å². The van der Waals surface area contributed by atoms with E-state index in [4.69, 9.17) is 4.74 Å². The smallest absolute Gasteiger partial charge is 0.264 e. The van der Waals surface area contributed by atoms with Crippen LogP contribution in [0.15, 0.2) is 71.8 Å². The van der Waals surface area contributed by atoms with Crippen LogP contribution in [-0.4, -0.2) is 55.8 Å². The van der Waals surface area contributed by atoms with E-state index in [0.29, 0.717) is 17.1 Å². The Morgan fingerprint density at radius 3 is 2.54 bits per heavy atom. The van der Waals surface area contributed by atoms with Crippen molar-refractivity contribution >= 4 is 39.5 Å². The Balaban J connectivity index is 1.55. The molecule has 1 aromatic heterocycles. The molecule has 0 radical (unpaired) electrons. The number of aryl methyl sites for hydroxylation is 1. The van der Waals surface area contributed by atoms with E-state index < -0.39 is 15.9 Å². The zero-order valence-corrected chi connectivity index (χ0v) is 20.2. The highest BCUT2D eigenvalue weighted by Crippen LogP contribution is 2.17. The number of anilines is 2. The summed E-state index contributed by atoms with van der Waals surface area (Å²) in [7, 11) is -0.829. The first-order chi connectivity index (χ1) is 16.7. The van der Waals surface area contributed by atoms with E-state index in [9.17, 15) is 18.0 Å². The molecule has 1 heterocycles. The molecule has 0 saturated heterocycles. The monoisotopic (exact) mass is 495 g/mol. The van der Waals surface area contributed by atoms with Gasteiger partial charge < -0.3 is 15.0 Å². The zero-order valence-electron chi connectivity index (χ0n) is 19.4. The fraction of sp³-hybridized carbons (Fsp3) is 0.167. The molecule has 182 valence electrons. The van der Waals surface area contributed by atoms with Gasteiger partial charge in [-0.05, 0) is 61.0 Å². The number of rotatable bonds is 9. The maximum absolute atomic E-state index is 12.5. The quantitative estimate of drug-likeness (QED) is 0.437. The molecule has 0 unspecified atom stereocenters. The number of nitrogens with one attached hydrogen (secondary N) is 2. The Bertz CT molecular complexity index is 1340. The van der Waals surface area contributed by atoms with E-state index in [-0.39, 0.29) is 23.3 Å². The third-order valence-electron chi connectivity index (χ3n) is 4.74. The van der Waals surface area contributed by atoms with Crippen LogP contribution in [-0.2, 0) is 19.6 Å². The lowest BCUT2D eigenvalue weighted by molar-refractivity contribution is -0.129. The summed E-state index contributed by atoms with van der Waals surface area (Å²) in [5, 5.41) is 2.64. The second kappa shape index (κ2) is 11.3. The van der Waals surface area contributed by atoms with Crippen LogP contribution in [0.4, 0.5) is 11.6 Å². The molecule has 2 N–H and O–H groups in total. The first kappa shape index (κ1) is 25.4. The molecule has 0 aliphatic rings. The van der Waals surface area contributed by atoms with E-state index in [1.165, 1.54) is 48.5 Å². The van der Waals surface area contributed by atoms with Gasteiger partial charge in [0.2, 0.25) is 17.8 Å². The van der Waals surface area contributed by atoms with Gasteiger partial charge in [0.1, 0.15) is 5.75 Å². The molecule has 0 aliphatic heterocycles. The minimum atomic E-state index is -3.90. The SMILES string of the molecule is COc1cccc(/C=C/C(=O)N(C)CC(=O)Nc2ccc(S(=O)(=O)Nc3nccc(C)n3)cc2)c1. The Morgan fingerprint density at radius 1 is 1.11 bits per heavy atom. The second-order valence-corrected chi connectivity index (χ2v) is 9.19. The summed E-state index contributed by atoms with van der Waals surface area (Å²) in [5.41, 5.74) is 1.79. The topological polar surface area (TPSA) is 131 Å². The number of carbonyl (C=O) groups is 2. The highest BCUT2D eigenvalue weighted by molar-refractivity contribution is 7.92. The number of benzene rings is 2. The number of ether oxygens (including phenoxy) is 1. The van der Waals surface area contributed by atoms with E-state index >= 15 is 0 Å². The number of carbonyl (C=O) groups excluding carboxylic acids is 2. The summed E-state index contributed by atoms with van der Waals surface area (Å²) in [6.07, 6.45) is 4.45. The van der Waals surface area contributed by atoms with Gasteiger partial charge in [-0.25, -0.2) is 23.1 Å².